The second-order valence-electron chi connectivity index (χ2n) is 3.43. The number of aliphatic hydroxyl groups is 1. The summed E-state index contributed by atoms with van der Waals surface area (Å²) in [5.74, 6) is 0. The minimum absolute atomic E-state index is 0.0719. The smallest absolute Gasteiger partial charge is 0.392 e. The summed E-state index contributed by atoms with van der Waals surface area (Å²) in [6, 6.07) is 4.87. The molecule has 0 radical (unpaired) electrons. The van der Waals surface area contributed by atoms with E-state index in [0.29, 0.717) is 12.0 Å². The van der Waals surface area contributed by atoms with Crippen molar-refractivity contribution in [2.75, 3.05) is 6.61 Å². The average Bonchev–Trinajstić information content (AvgIpc) is 2.25. The Morgan fingerprint density at radius 3 is 2.19 bits per heavy atom. The normalized spacial score (nSPS) is 12.9. The Balaban J connectivity index is 2.91. The lowest BCUT2D eigenvalue weighted by Gasteiger charge is -2.06. The molecule has 0 aromatic heterocycles. The van der Waals surface area contributed by atoms with Gasteiger partial charge < -0.3 is 5.11 Å². The number of hydrogen-bond acceptors (Lipinski definition) is 1. The second kappa shape index (κ2) is 5.16. The van der Waals surface area contributed by atoms with Crippen molar-refractivity contribution in [1.82, 2.24) is 0 Å². The van der Waals surface area contributed by atoms with E-state index in [0.717, 1.165) is 17.7 Å². The van der Waals surface area contributed by atoms with Gasteiger partial charge in [0.05, 0.1) is 12.2 Å². The van der Waals surface area contributed by atoms with E-state index in [1.165, 1.54) is 12.1 Å². The monoisotopic (exact) mass is 230 g/mol. The molecule has 0 spiro atoms. The first kappa shape index (κ1) is 12.8. The summed E-state index contributed by atoms with van der Waals surface area (Å²) in [4.78, 5) is 0. The van der Waals surface area contributed by atoms with E-state index in [9.17, 15) is 13.2 Å². The molecule has 88 valence electrons. The van der Waals surface area contributed by atoms with Crippen molar-refractivity contribution in [3.05, 3.63) is 41.0 Å². The van der Waals surface area contributed by atoms with Gasteiger partial charge in [-0.3, -0.25) is 0 Å². The van der Waals surface area contributed by atoms with Crippen LogP contribution >= 0.6 is 0 Å². The number of benzene rings is 1. The number of alkyl halides is 3. The lowest BCUT2D eigenvalue weighted by Crippen LogP contribution is -2.04. The van der Waals surface area contributed by atoms with Gasteiger partial charge in [0.1, 0.15) is 0 Å². The van der Waals surface area contributed by atoms with Crippen LogP contribution in [0, 0.1) is 0 Å². The molecule has 1 aromatic carbocycles. The maximum absolute atomic E-state index is 12.3. The summed E-state index contributed by atoms with van der Waals surface area (Å²) in [7, 11) is 0. The topological polar surface area (TPSA) is 20.2 Å². The van der Waals surface area contributed by atoms with Gasteiger partial charge in [0.15, 0.2) is 0 Å². The molecule has 0 atom stereocenters. The zero-order valence-electron chi connectivity index (χ0n) is 8.88. The predicted octanol–water partition coefficient (Wildman–Crippen LogP) is 3.49. The van der Waals surface area contributed by atoms with Gasteiger partial charge in [-0.15, -0.1) is 0 Å². The van der Waals surface area contributed by atoms with Crippen LogP contribution in [-0.2, 0) is 6.18 Å². The highest BCUT2D eigenvalue weighted by Gasteiger charge is 2.29. The first-order valence-electron chi connectivity index (χ1n) is 4.95. The summed E-state index contributed by atoms with van der Waals surface area (Å²) in [6.07, 6.45) is -1.93. The molecule has 0 heterocycles. The fourth-order valence-corrected chi connectivity index (χ4v) is 1.26. The third-order valence-electron chi connectivity index (χ3n) is 2.27. The summed E-state index contributed by atoms with van der Waals surface area (Å²) in [5, 5.41) is 8.92. The third-order valence-corrected chi connectivity index (χ3v) is 2.27. The predicted molar refractivity (Wildman–Crippen MR) is 56.8 cm³/mol. The molecule has 1 aromatic rings. The third kappa shape index (κ3) is 3.38. The zero-order chi connectivity index (χ0) is 12.2. The minimum Gasteiger partial charge on any atom is -0.392 e. The first-order chi connectivity index (χ1) is 7.47. The molecule has 16 heavy (non-hydrogen) atoms. The first-order valence-corrected chi connectivity index (χ1v) is 4.95. The van der Waals surface area contributed by atoms with Crippen molar-refractivity contribution in [3.63, 3.8) is 0 Å². The largest absolute Gasteiger partial charge is 0.416 e. The van der Waals surface area contributed by atoms with Gasteiger partial charge in [0, 0.05) is 0 Å². The average molecular weight is 230 g/mol. The van der Waals surface area contributed by atoms with Crippen molar-refractivity contribution >= 4 is 6.08 Å². The quantitative estimate of drug-likeness (QED) is 0.842. The van der Waals surface area contributed by atoms with E-state index in [2.05, 4.69) is 0 Å². The Hall–Kier alpha value is -1.29. The van der Waals surface area contributed by atoms with E-state index in [1.807, 2.05) is 6.92 Å². The molecule has 0 aliphatic heterocycles. The van der Waals surface area contributed by atoms with Gasteiger partial charge in [0.2, 0.25) is 0 Å². The number of hydrogen-bond donors (Lipinski definition) is 1. The Morgan fingerprint density at radius 2 is 1.81 bits per heavy atom. The van der Waals surface area contributed by atoms with Crippen molar-refractivity contribution in [3.8, 4) is 0 Å². The van der Waals surface area contributed by atoms with Crippen molar-refractivity contribution in [2.45, 2.75) is 19.5 Å². The summed E-state index contributed by atoms with van der Waals surface area (Å²) >= 11 is 0. The maximum Gasteiger partial charge on any atom is 0.416 e. The minimum atomic E-state index is -4.30. The number of rotatable bonds is 3. The molecule has 0 saturated heterocycles. The highest BCUT2D eigenvalue weighted by atomic mass is 19.4. The highest BCUT2D eigenvalue weighted by molar-refractivity contribution is 5.53. The molecule has 4 heteroatoms. The fourth-order valence-electron chi connectivity index (χ4n) is 1.26. The van der Waals surface area contributed by atoms with Crippen molar-refractivity contribution < 1.29 is 18.3 Å². The molecule has 0 amide bonds. The van der Waals surface area contributed by atoms with Gasteiger partial charge >= 0.3 is 6.18 Å². The lowest BCUT2D eigenvalue weighted by atomic mass is 10.1. The molecule has 0 saturated carbocycles. The van der Waals surface area contributed by atoms with Gasteiger partial charge in [-0.2, -0.15) is 13.2 Å². The van der Waals surface area contributed by atoms with Crippen LogP contribution in [0.1, 0.15) is 24.5 Å². The van der Waals surface area contributed by atoms with Gasteiger partial charge in [-0.1, -0.05) is 25.1 Å². The molecular formula is C12H13F3O. The highest BCUT2D eigenvalue weighted by Crippen LogP contribution is 2.29. The van der Waals surface area contributed by atoms with E-state index < -0.39 is 11.7 Å². The molecule has 1 rings (SSSR count). The van der Waals surface area contributed by atoms with E-state index in [1.54, 1.807) is 6.08 Å². The number of aliphatic hydroxyl groups excluding tert-OH is 1. The molecule has 1 nitrogen and oxygen atoms in total. The lowest BCUT2D eigenvalue weighted by molar-refractivity contribution is -0.137. The summed E-state index contributed by atoms with van der Waals surface area (Å²) in [5.41, 5.74) is 0.797. The van der Waals surface area contributed by atoms with Crippen molar-refractivity contribution in [1.29, 1.82) is 0 Å². The maximum atomic E-state index is 12.3. The molecule has 0 fully saturated rings. The summed E-state index contributed by atoms with van der Waals surface area (Å²) < 4.78 is 36.8. The SMILES string of the molecule is CCC(=Cc1ccc(C(F)(F)F)cc1)CO. The van der Waals surface area contributed by atoms with Crippen LogP contribution in [0.15, 0.2) is 29.8 Å². The van der Waals surface area contributed by atoms with Crippen LogP contribution < -0.4 is 0 Å². The van der Waals surface area contributed by atoms with E-state index in [-0.39, 0.29) is 6.61 Å². The molecule has 0 aliphatic carbocycles. The van der Waals surface area contributed by atoms with Gasteiger partial charge in [0.25, 0.3) is 0 Å². The van der Waals surface area contributed by atoms with Crippen LogP contribution in [0.3, 0.4) is 0 Å². The molecule has 0 unspecified atom stereocenters. The van der Waals surface area contributed by atoms with Gasteiger partial charge in [-0.05, 0) is 29.7 Å². The van der Waals surface area contributed by atoms with Crippen molar-refractivity contribution in [2.24, 2.45) is 0 Å². The standard InChI is InChI=1S/C12H13F3O/c1-2-9(8-16)7-10-3-5-11(6-4-10)12(13,14)15/h3-7,16H,2,8H2,1H3. The molecule has 1 N–H and O–H groups in total. The second-order valence-corrected chi connectivity index (χ2v) is 3.43. The van der Waals surface area contributed by atoms with Crippen LogP contribution in [0.25, 0.3) is 6.08 Å². The Labute approximate surface area is 92.2 Å². The Kier molecular flexibility index (Phi) is 4.12. The van der Waals surface area contributed by atoms with Gasteiger partial charge in [-0.25, -0.2) is 0 Å². The number of halogens is 3. The van der Waals surface area contributed by atoms with Crippen LogP contribution in [0.2, 0.25) is 0 Å². The molecule has 0 bridgehead atoms. The van der Waals surface area contributed by atoms with E-state index >= 15 is 0 Å². The summed E-state index contributed by atoms with van der Waals surface area (Å²) in [6.45, 7) is 1.81. The van der Waals surface area contributed by atoms with Crippen LogP contribution in [0.4, 0.5) is 13.2 Å². The van der Waals surface area contributed by atoms with Crippen LogP contribution in [0.5, 0.6) is 0 Å². The Bertz CT molecular complexity index is 357. The fraction of sp³-hybridized carbons (Fsp3) is 0.333. The molecule has 0 aliphatic rings. The Morgan fingerprint density at radius 1 is 1.25 bits per heavy atom. The molecular weight excluding hydrogens is 217 g/mol. The zero-order valence-corrected chi connectivity index (χ0v) is 8.88. The van der Waals surface area contributed by atoms with E-state index in [4.69, 9.17) is 5.11 Å². The van der Waals surface area contributed by atoms with Crippen LogP contribution in [-0.4, -0.2) is 11.7 Å².